The SMILES string of the molecule is COc1cccc(NC(N)=NCCc2c(F)cccc2Cl)c1.I. The van der Waals surface area contributed by atoms with E-state index >= 15 is 0 Å². The quantitative estimate of drug-likeness (QED) is 0.411. The molecule has 2 aromatic carbocycles. The molecule has 0 spiro atoms. The monoisotopic (exact) mass is 449 g/mol. The molecule has 0 saturated carbocycles. The lowest BCUT2D eigenvalue weighted by Gasteiger charge is -2.08. The Morgan fingerprint density at radius 2 is 2.04 bits per heavy atom. The fourth-order valence-corrected chi connectivity index (χ4v) is 2.21. The maximum absolute atomic E-state index is 13.6. The number of methoxy groups -OCH3 is 1. The van der Waals surface area contributed by atoms with Gasteiger partial charge in [-0.15, -0.1) is 24.0 Å². The molecule has 0 saturated heterocycles. The van der Waals surface area contributed by atoms with E-state index in [2.05, 4.69) is 10.3 Å². The van der Waals surface area contributed by atoms with Crippen molar-refractivity contribution in [3.63, 3.8) is 0 Å². The second kappa shape index (κ2) is 9.57. The Balaban J connectivity index is 0.00000264. The van der Waals surface area contributed by atoms with E-state index in [1.54, 1.807) is 25.3 Å². The summed E-state index contributed by atoms with van der Waals surface area (Å²) in [7, 11) is 1.59. The van der Waals surface area contributed by atoms with Gasteiger partial charge in [-0.1, -0.05) is 23.7 Å². The van der Waals surface area contributed by atoms with Crippen LogP contribution in [0.4, 0.5) is 10.1 Å². The number of anilines is 1. The lowest BCUT2D eigenvalue weighted by atomic mass is 10.1. The predicted molar refractivity (Wildman–Crippen MR) is 104 cm³/mol. The Labute approximate surface area is 156 Å². The molecule has 0 radical (unpaired) electrons. The van der Waals surface area contributed by atoms with Crippen LogP contribution < -0.4 is 15.8 Å². The van der Waals surface area contributed by atoms with Gasteiger partial charge in [-0.25, -0.2) is 4.39 Å². The molecule has 0 heterocycles. The number of hydrogen-bond acceptors (Lipinski definition) is 2. The van der Waals surface area contributed by atoms with Gasteiger partial charge in [0.15, 0.2) is 5.96 Å². The van der Waals surface area contributed by atoms with Crippen molar-refractivity contribution in [1.82, 2.24) is 0 Å². The molecule has 4 nitrogen and oxygen atoms in total. The Bertz CT molecular complexity index is 662. The number of guanidine groups is 1. The number of nitrogens with two attached hydrogens (primary N) is 1. The number of rotatable bonds is 5. The molecule has 0 aromatic heterocycles. The van der Waals surface area contributed by atoms with Crippen LogP contribution in [0, 0.1) is 5.82 Å². The van der Waals surface area contributed by atoms with Gasteiger partial charge in [0.25, 0.3) is 0 Å². The molecule has 0 amide bonds. The third-order valence-electron chi connectivity index (χ3n) is 3.05. The van der Waals surface area contributed by atoms with Crippen LogP contribution >= 0.6 is 35.6 Å². The van der Waals surface area contributed by atoms with Gasteiger partial charge in [-0.3, -0.25) is 4.99 Å². The molecular weight excluding hydrogens is 432 g/mol. The highest BCUT2D eigenvalue weighted by molar-refractivity contribution is 14.0. The summed E-state index contributed by atoms with van der Waals surface area (Å²) in [5.74, 6) is 0.638. The highest BCUT2D eigenvalue weighted by atomic mass is 127. The molecule has 0 aliphatic carbocycles. The molecule has 0 aliphatic heterocycles. The minimum absolute atomic E-state index is 0. The molecule has 2 rings (SSSR count). The molecule has 124 valence electrons. The van der Waals surface area contributed by atoms with Crippen molar-refractivity contribution in [2.75, 3.05) is 19.0 Å². The molecule has 2 aromatic rings. The van der Waals surface area contributed by atoms with Crippen LogP contribution in [0.25, 0.3) is 0 Å². The van der Waals surface area contributed by atoms with Crippen LogP contribution in [-0.2, 0) is 6.42 Å². The van der Waals surface area contributed by atoms with Crippen LogP contribution in [0.1, 0.15) is 5.56 Å². The van der Waals surface area contributed by atoms with Gasteiger partial charge in [0.1, 0.15) is 11.6 Å². The van der Waals surface area contributed by atoms with Gasteiger partial charge < -0.3 is 15.8 Å². The summed E-state index contributed by atoms with van der Waals surface area (Å²) in [6.45, 7) is 0.337. The van der Waals surface area contributed by atoms with Gasteiger partial charge in [0, 0.05) is 28.9 Å². The van der Waals surface area contributed by atoms with Crippen LogP contribution in [-0.4, -0.2) is 19.6 Å². The Hall–Kier alpha value is -1.54. The lowest BCUT2D eigenvalue weighted by molar-refractivity contribution is 0.415. The average molecular weight is 450 g/mol. The van der Waals surface area contributed by atoms with Crippen LogP contribution in [0.15, 0.2) is 47.5 Å². The van der Waals surface area contributed by atoms with Gasteiger partial charge in [0.2, 0.25) is 0 Å². The van der Waals surface area contributed by atoms with E-state index in [1.807, 2.05) is 18.2 Å². The summed E-state index contributed by atoms with van der Waals surface area (Å²) in [5.41, 5.74) is 7.02. The molecule has 7 heteroatoms. The topological polar surface area (TPSA) is 59.6 Å². The highest BCUT2D eigenvalue weighted by Gasteiger charge is 2.06. The number of nitrogens with zero attached hydrogens (tertiary/aromatic N) is 1. The van der Waals surface area contributed by atoms with Crippen molar-refractivity contribution in [3.8, 4) is 5.75 Å². The first kappa shape index (κ1) is 19.5. The van der Waals surface area contributed by atoms with Gasteiger partial charge in [0.05, 0.1) is 7.11 Å². The highest BCUT2D eigenvalue weighted by Crippen LogP contribution is 2.19. The number of benzene rings is 2. The second-order valence-electron chi connectivity index (χ2n) is 4.57. The van der Waals surface area contributed by atoms with E-state index in [-0.39, 0.29) is 35.8 Å². The standard InChI is InChI=1S/C16H17ClFN3O.HI/c1-22-12-5-2-4-11(10-12)21-16(19)20-9-8-13-14(17)6-3-7-15(13)18;/h2-7,10H,8-9H2,1H3,(H3,19,20,21);1H. The van der Waals surface area contributed by atoms with Crippen molar-refractivity contribution in [2.45, 2.75) is 6.42 Å². The third-order valence-corrected chi connectivity index (χ3v) is 3.40. The zero-order valence-corrected chi connectivity index (χ0v) is 15.6. The molecule has 0 bridgehead atoms. The maximum atomic E-state index is 13.6. The van der Waals surface area contributed by atoms with E-state index in [1.165, 1.54) is 6.07 Å². The Morgan fingerprint density at radius 3 is 2.74 bits per heavy atom. The van der Waals surface area contributed by atoms with Crippen molar-refractivity contribution < 1.29 is 9.13 Å². The minimum Gasteiger partial charge on any atom is -0.497 e. The van der Waals surface area contributed by atoms with Crippen LogP contribution in [0.2, 0.25) is 5.02 Å². The number of halogens is 3. The van der Waals surface area contributed by atoms with E-state index in [0.717, 1.165) is 11.4 Å². The van der Waals surface area contributed by atoms with Gasteiger partial charge in [-0.05, 0) is 30.7 Å². The van der Waals surface area contributed by atoms with E-state index in [0.29, 0.717) is 23.6 Å². The number of hydrogen-bond donors (Lipinski definition) is 2. The molecule has 23 heavy (non-hydrogen) atoms. The van der Waals surface area contributed by atoms with Gasteiger partial charge >= 0.3 is 0 Å². The summed E-state index contributed by atoms with van der Waals surface area (Å²) in [5, 5.41) is 3.35. The first-order valence-electron chi connectivity index (χ1n) is 6.74. The molecule has 0 atom stereocenters. The predicted octanol–water partition coefficient (Wildman–Crippen LogP) is 4.08. The molecule has 0 aliphatic rings. The van der Waals surface area contributed by atoms with E-state index in [4.69, 9.17) is 22.1 Å². The zero-order chi connectivity index (χ0) is 15.9. The van der Waals surface area contributed by atoms with Crippen molar-refractivity contribution in [1.29, 1.82) is 0 Å². The van der Waals surface area contributed by atoms with Crippen molar-refractivity contribution in [3.05, 3.63) is 58.9 Å². The zero-order valence-electron chi connectivity index (χ0n) is 12.6. The van der Waals surface area contributed by atoms with Crippen LogP contribution in [0.3, 0.4) is 0 Å². The fraction of sp³-hybridized carbons (Fsp3) is 0.188. The summed E-state index contributed by atoms with van der Waals surface area (Å²) in [4.78, 5) is 4.17. The van der Waals surface area contributed by atoms with E-state index < -0.39 is 0 Å². The maximum Gasteiger partial charge on any atom is 0.193 e. The van der Waals surface area contributed by atoms with E-state index in [9.17, 15) is 4.39 Å². The Kier molecular flexibility index (Phi) is 8.11. The largest absolute Gasteiger partial charge is 0.497 e. The molecule has 0 fully saturated rings. The molecule has 0 unspecified atom stereocenters. The minimum atomic E-state index is -0.331. The summed E-state index contributed by atoms with van der Waals surface area (Å²) in [6.07, 6.45) is 0.381. The first-order valence-corrected chi connectivity index (χ1v) is 7.12. The Morgan fingerprint density at radius 1 is 1.30 bits per heavy atom. The fourth-order valence-electron chi connectivity index (χ4n) is 1.95. The number of ether oxygens (including phenoxy) is 1. The molecule has 3 N–H and O–H groups in total. The summed E-state index contributed by atoms with van der Waals surface area (Å²) >= 11 is 5.96. The smallest absolute Gasteiger partial charge is 0.193 e. The molecular formula is C16H18ClFIN3O. The van der Waals surface area contributed by atoms with Crippen molar-refractivity contribution >= 4 is 47.2 Å². The number of nitrogens with one attached hydrogen (secondary N) is 1. The van der Waals surface area contributed by atoms with Crippen LogP contribution in [0.5, 0.6) is 5.75 Å². The first-order chi connectivity index (χ1) is 10.6. The van der Waals surface area contributed by atoms with Gasteiger partial charge in [-0.2, -0.15) is 0 Å². The normalized spacial score (nSPS) is 10.8. The summed E-state index contributed by atoms with van der Waals surface area (Å²) in [6, 6.07) is 11.9. The lowest BCUT2D eigenvalue weighted by Crippen LogP contribution is -2.23. The number of aliphatic imine (C=N–C) groups is 1. The van der Waals surface area contributed by atoms with Crippen molar-refractivity contribution in [2.24, 2.45) is 10.7 Å². The second-order valence-corrected chi connectivity index (χ2v) is 4.98. The third kappa shape index (κ3) is 5.87. The summed E-state index contributed by atoms with van der Waals surface area (Å²) < 4.78 is 18.7. The average Bonchev–Trinajstić information content (AvgIpc) is 2.50.